The van der Waals surface area contributed by atoms with Crippen molar-refractivity contribution in [1.82, 2.24) is 5.32 Å². The quantitative estimate of drug-likeness (QED) is 0.433. The van der Waals surface area contributed by atoms with Gasteiger partial charge in [-0.1, -0.05) is 6.42 Å². The van der Waals surface area contributed by atoms with E-state index in [2.05, 4.69) is 5.32 Å². The number of aliphatic hydroxyl groups is 1. The predicted molar refractivity (Wildman–Crippen MR) is 99.3 cm³/mol. The summed E-state index contributed by atoms with van der Waals surface area (Å²) in [6.07, 6.45) is 3.66. The Balaban J connectivity index is 0.000000279. The molecule has 1 atom stereocenters. The SMILES string of the molecule is CC(C)(O)NC(=O)OC(C)(C)C.Fc1cc(F)cc(CCCCC2CO2)c1. The highest BCUT2D eigenvalue weighted by atomic mass is 19.1. The van der Waals surface area contributed by atoms with Gasteiger partial charge in [-0.3, -0.25) is 5.32 Å². The largest absolute Gasteiger partial charge is 0.444 e. The summed E-state index contributed by atoms with van der Waals surface area (Å²) >= 11 is 0. The first-order valence-electron chi connectivity index (χ1n) is 9.14. The summed E-state index contributed by atoms with van der Waals surface area (Å²) in [7, 11) is 0. The summed E-state index contributed by atoms with van der Waals surface area (Å²) in [5.41, 5.74) is -1.03. The molecule has 2 N–H and O–H groups in total. The van der Waals surface area contributed by atoms with Crippen molar-refractivity contribution in [2.75, 3.05) is 6.61 Å². The van der Waals surface area contributed by atoms with Gasteiger partial charge < -0.3 is 14.6 Å². The second kappa shape index (κ2) is 9.99. The molecular weight excluding hydrogens is 356 g/mol. The average Bonchev–Trinajstić information content (AvgIpc) is 3.23. The number of aryl methyl sites for hydroxylation is 1. The van der Waals surface area contributed by atoms with E-state index in [4.69, 9.17) is 9.47 Å². The third kappa shape index (κ3) is 13.1. The molecule has 27 heavy (non-hydrogen) atoms. The normalized spacial score (nSPS) is 16.2. The third-order valence-electron chi connectivity index (χ3n) is 3.37. The number of ether oxygens (including phenoxy) is 2. The first-order valence-corrected chi connectivity index (χ1v) is 9.14. The molecule has 2 rings (SSSR count). The second-order valence-electron chi connectivity index (χ2n) is 8.16. The van der Waals surface area contributed by atoms with E-state index in [1.54, 1.807) is 20.8 Å². The molecule has 0 aliphatic carbocycles. The molecule has 1 fully saturated rings. The van der Waals surface area contributed by atoms with Crippen molar-refractivity contribution in [3.05, 3.63) is 35.4 Å². The molecule has 1 aromatic rings. The van der Waals surface area contributed by atoms with Gasteiger partial charge in [0, 0.05) is 6.07 Å². The van der Waals surface area contributed by atoms with E-state index in [1.165, 1.54) is 26.0 Å². The molecule has 0 aromatic heterocycles. The zero-order valence-corrected chi connectivity index (χ0v) is 16.8. The van der Waals surface area contributed by atoms with Crippen molar-refractivity contribution in [1.29, 1.82) is 0 Å². The Morgan fingerprint density at radius 3 is 2.19 bits per heavy atom. The number of nitrogens with one attached hydrogen (secondary N) is 1. The average molecular weight is 387 g/mol. The molecule has 1 heterocycles. The first kappa shape index (κ1) is 23.3. The Morgan fingerprint density at radius 1 is 1.19 bits per heavy atom. The first-order chi connectivity index (χ1) is 12.3. The van der Waals surface area contributed by atoms with Gasteiger partial charge in [-0.25, -0.2) is 13.6 Å². The topological polar surface area (TPSA) is 71.1 Å². The van der Waals surface area contributed by atoms with Crippen molar-refractivity contribution in [2.45, 2.75) is 77.7 Å². The van der Waals surface area contributed by atoms with Gasteiger partial charge in [0.2, 0.25) is 0 Å². The second-order valence-corrected chi connectivity index (χ2v) is 8.16. The Labute approximate surface area is 160 Å². The van der Waals surface area contributed by atoms with Crippen LogP contribution >= 0.6 is 0 Å². The van der Waals surface area contributed by atoms with Crippen molar-refractivity contribution >= 4 is 6.09 Å². The Kier molecular flexibility index (Phi) is 8.62. The van der Waals surface area contributed by atoms with Crippen LogP contribution in [0, 0.1) is 11.6 Å². The van der Waals surface area contributed by atoms with Crippen LogP contribution in [-0.4, -0.2) is 35.2 Å². The van der Waals surface area contributed by atoms with Gasteiger partial charge in [0.25, 0.3) is 0 Å². The molecule has 1 aliphatic rings. The van der Waals surface area contributed by atoms with Crippen LogP contribution in [0.3, 0.4) is 0 Å². The van der Waals surface area contributed by atoms with Gasteiger partial charge in [0.05, 0.1) is 12.7 Å². The Hall–Kier alpha value is -1.73. The van der Waals surface area contributed by atoms with Crippen LogP contribution in [0.5, 0.6) is 0 Å². The number of alkyl carbamates (subject to hydrolysis) is 1. The van der Waals surface area contributed by atoms with Gasteiger partial charge in [-0.05, 0) is 71.6 Å². The van der Waals surface area contributed by atoms with Crippen LogP contribution in [0.1, 0.15) is 59.4 Å². The molecule has 1 aromatic carbocycles. The summed E-state index contributed by atoms with van der Waals surface area (Å²) in [6.45, 7) is 9.10. The van der Waals surface area contributed by atoms with E-state index < -0.39 is 29.1 Å². The number of hydrogen-bond acceptors (Lipinski definition) is 4. The van der Waals surface area contributed by atoms with Crippen LogP contribution < -0.4 is 5.32 Å². The molecule has 0 saturated carbocycles. The van der Waals surface area contributed by atoms with Crippen molar-refractivity contribution in [2.24, 2.45) is 0 Å². The zero-order valence-electron chi connectivity index (χ0n) is 16.8. The van der Waals surface area contributed by atoms with Crippen molar-refractivity contribution < 1.29 is 28.2 Å². The van der Waals surface area contributed by atoms with E-state index >= 15 is 0 Å². The van der Waals surface area contributed by atoms with Gasteiger partial charge in [0.1, 0.15) is 23.0 Å². The molecule has 0 spiro atoms. The zero-order chi connectivity index (χ0) is 20.7. The van der Waals surface area contributed by atoms with Crippen LogP contribution in [0.2, 0.25) is 0 Å². The standard InChI is InChI=1S/C12H14F2O.C8H17NO3/c13-10-5-9(6-11(14)7-10)3-1-2-4-12-8-15-12;1-7(2,3)12-6(10)9-8(4,5)11/h5-7,12H,1-4,8H2;11H,1-5H3,(H,9,10). The molecule has 1 saturated heterocycles. The lowest BCUT2D eigenvalue weighted by Gasteiger charge is -2.24. The van der Waals surface area contributed by atoms with Crippen molar-refractivity contribution in [3.8, 4) is 0 Å². The minimum Gasteiger partial charge on any atom is -0.444 e. The highest BCUT2D eigenvalue weighted by Crippen LogP contribution is 2.18. The third-order valence-corrected chi connectivity index (χ3v) is 3.37. The van der Waals surface area contributed by atoms with E-state index in [9.17, 15) is 18.7 Å². The van der Waals surface area contributed by atoms with E-state index in [0.717, 1.165) is 43.9 Å². The van der Waals surface area contributed by atoms with Crippen LogP contribution in [0.4, 0.5) is 13.6 Å². The fraction of sp³-hybridized carbons (Fsp3) is 0.650. The number of amides is 1. The maximum atomic E-state index is 12.8. The van der Waals surface area contributed by atoms with E-state index in [0.29, 0.717) is 6.10 Å². The number of unbranched alkanes of at least 4 members (excludes halogenated alkanes) is 1. The molecule has 154 valence electrons. The molecule has 7 heteroatoms. The molecule has 0 bridgehead atoms. The lowest BCUT2D eigenvalue weighted by Crippen LogP contribution is -2.45. The molecule has 0 radical (unpaired) electrons. The molecular formula is C20H31F2NO4. The summed E-state index contributed by atoms with van der Waals surface area (Å²) < 4.78 is 35.6. The Morgan fingerprint density at radius 2 is 1.74 bits per heavy atom. The minimum atomic E-state index is -1.23. The van der Waals surface area contributed by atoms with E-state index in [-0.39, 0.29) is 0 Å². The monoisotopic (exact) mass is 387 g/mol. The highest BCUT2D eigenvalue weighted by Gasteiger charge is 2.22. The van der Waals surface area contributed by atoms with Gasteiger partial charge in [0.15, 0.2) is 0 Å². The summed E-state index contributed by atoms with van der Waals surface area (Å²) in [6, 6.07) is 3.70. The molecule has 1 unspecified atom stereocenters. The number of hydrogen-bond donors (Lipinski definition) is 2. The molecule has 5 nitrogen and oxygen atoms in total. The summed E-state index contributed by atoms with van der Waals surface area (Å²) in [4.78, 5) is 11.0. The summed E-state index contributed by atoms with van der Waals surface area (Å²) in [5, 5.41) is 11.4. The summed E-state index contributed by atoms with van der Waals surface area (Å²) in [5.74, 6) is -0.981. The van der Waals surface area contributed by atoms with Gasteiger partial charge in [-0.2, -0.15) is 0 Å². The minimum absolute atomic E-state index is 0.453. The maximum absolute atomic E-state index is 12.8. The maximum Gasteiger partial charge on any atom is 0.409 e. The van der Waals surface area contributed by atoms with Gasteiger partial charge in [-0.15, -0.1) is 0 Å². The lowest BCUT2D eigenvalue weighted by molar-refractivity contribution is 0.00774. The van der Waals surface area contributed by atoms with E-state index in [1.807, 2.05) is 0 Å². The highest BCUT2D eigenvalue weighted by molar-refractivity contribution is 5.68. The number of benzene rings is 1. The number of carbonyl (C=O) groups excluding carboxylic acids is 1. The van der Waals surface area contributed by atoms with Gasteiger partial charge >= 0.3 is 6.09 Å². The fourth-order valence-electron chi connectivity index (χ4n) is 2.24. The van der Waals surface area contributed by atoms with Crippen LogP contribution in [0.15, 0.2) is 18.2 Å². The number of halogens is 2. The number of carbonyl (C=O) groups is 1. The fourth-order valence-corrected chi connectivity index (χ4v) is 2.24. The Bertz CT molecular complexity index is 567. The number of epoxide rings is 1. The molecule has 1 amide bonds. The smallest absolute Gasteiger partial charge is 0.409 e. The van der Waals surface area contributed by atoms with Crippen molar-refractivity contribution in [3.63, 3.8) is 0 Å². The number of rotatable bonds is 6. The lowest BCUT2D eigenvalue weighted by atomic mass is 10.1. The van der Waals surface area contributed by atoms with Crippen LogP contribution in [-0.2, 0) is 15.9 Å². The molecule has 1 aliphatic heterocycles. The van der Waals surface area contributed by atoms with Crippen LogP contribution in [0.25, 0.3) is 0 Å². The predicted octanol–water partition coefficient (Wildman–Crippen LogP) is 4.32.